The molecule has 7 N–H and O–H groups in total. The molecule has 1 aliphatic rings. The molecule has 13 heteroatoms. The first kappa shape index (κ1) is 27.3. The Morgan fingerprint density at radius 2 is 1.50 bits per heavy atom. The quantitative estimate of drug-likeness (QED) is 0.170. The summed E-state index contributed by atoms with van der Waals surface area (Å²) in [5, 5.41) is 70.7. The highest BCUT2D eigenvalue weighted by atomic mass is 35.5. The molecule has 1 saturated heterocycles. The molecule has 1 fully saturated rings. The summed E-state index contributed by atoms with van der Waals surface area (Å²) in [6, 6.07) is 6.50. The second-order valence-electron chi connectivity index (χ2n) is 7.86. The van der Waals surface area contributed by atoms with E-state index in [2.05, 4.69) is 0 Å². The van der Waals surface area contributed by atoms with Gasteiger partial charge in [0, 0.05) is 24.3 Å². The summed E-state index contributed by atoms with van der Waals surface area (Å²) in [5.41, 5.74) is 0.325. The molecule has 36 heavy (non-hydrogen) atoms. The number of aliphatic hydroxyl groups excluding tert-OH is 4. The summed E-state index contributed by atoms with van der Waals surface area (Å²) < 4.78 is 27.5. The highest BCUT2D eigenvalue weighted by molar-refractivity contribution is 5.88. The number of phenols is 3. The van der Waals surface area contributed by atoms with Crippen molar-refractivity contribution in [3.05, 3.63) is 30.3 Å². The van der Waals surface area contributed by atoms with Crippen LogP contribution in [0.25, 0.3) is 22.3 Å². The summed E-state index contributed by atoms with van der Waals surface area (Å²) >= 11 is 0. The van der Waals surface area contributed by atoms with Crippen molar-refractivity contribution in [2.45, 2.75) is 30.7 Å². The van der Waals surface area contributed by atoms with Crippen LogP contribution in [-0.2, 0) is 4.74 Å². The zero-order valence-corrected chi connectivity index (χ0v) is 19.8. The Labute approximate surface area is 210 Å². The maximum Gasteiger partial charge on any atom is 0.402 e. The third-order valence-corrected chi connectivity index (χ3v) is 5.65. The van der Waals surface area contributed by atoms with Gasteiger partial charge in [0.25, 0.3) is 0 Å². The number of hydrogen-bond acceptors (Lipinski definition) is 11. The largest absolute Gasteiger partial charge is 1.00 e. The van der Waals surface area contributed by atoms with Gasteiger partial charge in [-0.3, -0.25) is 0 Å². The molecule has 2 heterocycles. The van der Waals surface area contributed by atoms with Gasteiger partial charge in [-0.2, -0.15) is 0 Å². The van der Waals surface area contributed by atoms with Crippen molar-refractivity contribution in [1.82, 2.24) is 0 Å². The van der Waals surface area contributed by atoms with Crippen LogP contribution in [0.1, 0.15) is 0 Å². The van der Waals surface area contributed by atoms with Crippen LogP contribution in [0.3, 0.4) is 0 Å². The molecule has 1 aromatic heterocycles. The van der Waals surface area contributed by atoms with E-state index in [0.29, 0.717) is 0 Å². The Kier molecular flexibility index (Phi) is 8.19. The fourth-order valence-electron chi connectivity index (χ4n) is 3.79. The maximum atomic E-state index is 10.4. The first-order valence-electron chi connectivity index (χ1n) is 10.4. The van der Waals surface area contributed by atoms with Crippen LogP contribution < -0.4 is 26.6 Å². The fourth-order valence-corrected chi connectivity index (χ4v) is 3.79. The van der Waals surface area contributed by atoms with Gasteiger partial charge in [-0.25, -0.2) is 4.42 Å². The second kappa shape index (κ2) is 10.8. The number of ether oxygens (including phenoxy) is 4. The van der Waals surface area contributed by atoms with Crippen molar-refractivity contribution in [2.75, 3.05) is 20.8 Å². The number of hydrogen-bond donors (Lipinski definition) is 7. The summed E-state index contributed by atoms with van der Waals surface area (Å²) in [7, 11) is 2.66. The Morgan fingerprint density at radius 1 is 0.861 bits per heavy atom. The number of fused-ring (bicyclic) bond motifs is 1. The number of rotatable bonds is 6. The minimum Gasteiger partial charge on any atom is -1.00 e. The van der Waals surface area contributed by atoms with Gasteiger partial charge >= 0.3 is 11.3 Å². The number of benzene rings is 2. The van der Waals surface area contributed by atoms with Crippen molar-refractivity contribution in [3.63, 3.8) is 0 Å². The SMILES string of the molecule is COc1cc(-c2[o+]c3cc(O)cc(O)c3cc2OC2O[C@H](CO)[C@@H](O)[C@H](O)[C@H]2O)cc(OC)c1O.[Cl-]. The molecule has 2 aromatic carbocycles. The van der Waals surface area contributed by atoms with Gasteiger partial charge < -0.3 is 67.1 Å². The Hall–Kier alpha value is -3.26. The minimum atomic E-state index is -1.71. The van der Waals surface area contributed by atoms with E-state index >= 15 is 0 Å². The molecule has 0 radical (unpaired) electrons. The van der Waals surface area contributed by atoms with Crippen molar-refractivity contribution in [3.8, 4) is 45.8 Å². The first-order chi connectivity index (χ1) is 16.7. The molecular formula is C23H25ClO12. The van der Waals surface area contributed by atoms with Crippen molar-refractivity contribution in [1.29, 1.82) is 0 Å². The zero-order chi connectivity index (χ0) is 25.4. The third-order valence-electron chi connectivity index (χ3n) is 5.65. The maximum absolute atomic E-state index is 10.4. The van der Waals surface area contributed by atoms with Crippen LogP contribution in [-0.4, -0.2) is 87.3 Å². The molecule has 196 valence electrons. The van der Waals surface area contributed by atoms with E-state index in [1.807, 2.05) is 0 Å². The standard InChI is InChI=1S/C23H24O12.ClH/c1-31-14-3-9(4-15(32-2)18(14)27)22-16(7-11-12(26)5-10(25)6-13(11)33-22)34-23-21(30)20(29)19(28)17(8-24)35-23;/h3-7,17,19-21,23-24,28-30H,8H2,1-2H3,(H2-,25,26,27);1H/t17-,19-,20+,21-,23?;/m1./s1. The van der Waals surface area contributed by atoms with Crippen LogP contribution in [0, 0.1) is 0 Å². The van der Waals surface area contributed by atoms with E-state index in [1.165, 1.54) is 38.5 Å². The van der Waals surface area contributed by atoms with Gasteiger partial charge in [-0.15, -0.1) is 0 Å². The molecule has 3 aromatic rings. The number of aliphatic hydroxyl groups is 4. The van der Waals surface area contributed by atoms with E-state index in [4.69, 9.17) is 23.4 Å². The number of halogens is 1. The van der Waals surface area contributed by atoms with Crippen LogP contribution in [0.4, 0.5) is 0 Å². The average molecular weight is 529 g/mol. The van der Waals surface area contributed by atoms with Gasteiger partial charge in [0.1, 0.15) is 41.3 Å². The first-order valence-corrected chi connectivity index (χ1v) is 10.4. The Bertz CT molecular complexity index is 1210. The Morgan fingerprint density at radius 3 is 2.08 bits per heavy atom. The summed E-state index contributed by atoms with van der Waals surface area (Å²) in [5.74, 6) is -0.928. The monoisotopic (exact) mass is 528 g/mol. The van der Waals surface area contributed by atoms with Gasteiger partial charge in [0.05, 0.1) is 32.5 Å². The summed E-state index contributed by atoms with van der Waals surface area (Å²) in [6.45, 7) is -0.661. The van der Waals surface area contributed by atoms with Crippen LogP contribution in [0.2, 0.25) is 0 Å². The Balaban J connectivity index is 0.00000361. The van der Waals surface area contributed by atoms with Crippen LogP contribution in [0.5, 0.6) is 34.5 Å². The van der Waals surface area contributed by atoms with Crippen molar-refractivity contribution in [2.24, 2.45) is 0 Å². The molecular weight excluding hydrogens is 504 g/mol. The van der Waals surface area contributed by atoms with Gasteiger partial charge in [0.15, 0.2) is 11.5 Å². The lowest BCUT2D eigenvalue weighted by Crippen LogP contribution is -3.00. The highest BCUT2D eigenvalue weighted by Gasteiger charge is 2.45. The zero-order valence-electron chi connectivity index (χ0n) is 19.0. The summed E-state index contributed by atoms with van der Waals surface area (Å²) in [4.78, 5) is 0. The van der Waals surface area contributed by atoms with Crippen LogP contribution >= 0.6 is 0 Å². The molecule has 0 amide bonds. The lowest BCUT2D eigenvalue weighted by molar-refractivity contribution is -0.277. The van der Waals surface area contributed by atoms with Gasteiger partial charge in [-0.1, -0.05) is 0 Å². The van der Waals surface area contributed by atoms with E-state index in [1.54, 1.807) is 0 Å². The molecule has 1 aliphatic heterocycles. The molecule has 0 saturated carbocycles. The fraction of sp³-hybridized carbons (Fsp3) is 0.348. The predicted octanol–water partition coefficient (Wildman–Crippen LogP) is -2.30. The molecule has 12 nitrogen and oxygen atoms in total. The summed E-state index contributed by atoms with van der Waals surface area (Å²) in [6.07, 6.45) is -7.77. The molecule has 0 spiro atoms. The number of methoxy groups -OCH3 is 2. The number of phenolic OH excluding ortho intramolecular Hbond substituents is 3. The van der Waals surface area contributed by atoms with E-state index in [0.717, 1.165) is 6.07 Å². The van der Waals surface area contributed by atoms with Gasteiger partial charge in [-0.05, 0) is 0 Å². The van der Waals surface area contributed by atoms with Gasteiger partial charge in [0.2, 0.25) is 17.8 Å². The highest BCUT2D eigenvalue weighted by Crippen LogP contribution is 2.45. The third kappa shape index (κ3) is 4.87. The van der Waals surface area contributed by atoms with Crippen molar-refractivity contribution >= 4 is 11.0 Å². The lowest BCUT2D eigenvalue weighted by Gasteiger charge is -2.39. The molecule has 4 rings (SSSR count). The second-order valence-corrected chi connectivity index (χ2v) is 7.86. The van der Waals surface area contributed by atoms with E-state index < -0.39 is 37.3 Å². The normalized spacial score (nSPS) is 23.7. The van der Waals surface area contributed by atoms with E-state index in [9.17, 15) is 35.7 Å². The topological polar surface area (TPSA) is 190 Å². The van der Waals surface area contributed by atoms with E-state index in [-0.39, 0.29) is 69.2 Å². The molecule has 5 atom stereocenters. The minimum absolute atomic E-state index is 0. The van der Waals surface area contributed by atoms with Crippen LogP contribution in [0.15, 0.2) is 34.7 Å². The van der Waals surface area contributed by atoms with Crippen molar-refractivity contribution < 1.29 is 71.5 Å². The smallest absolute Gasteiger partial charge is 0.402 e. The molecule has 0 aliphatic carbocycles. The molecule has 0 bridgehead atoms. The molecule has 1 unspecified atom stereocenters. The number of aromatic hydroxyl groups is 3. The lowest BCUT2D eigenvalue weighted by atomic mass is 9.99. The average Bonchev–Trinajstić information content (AvgIpc) is 2.84. The predicted molar refractivity (Wildman–Crippen MR) is 119 cm³/mol.